The Labute approximate surface area is 162 Å². The van der Waals surface area contributed by atoms with E-state index in [0.717, 1.165) is 31.5 Å². The Kier molecular flexibility index (Phi) is 7.60. The highest BCUT2D eigenvalue weighted by Crippen LogP contribution is 2.28. The topological polar surface area (TPSA) is 32.3 Å². The van der Waals surface area contributed by atoms with Crippen molar-refractivity contribution in [1.29, 1.82) is 0 Å². The van der Waals surface area contributed by atoms with Crippen LogP contribution in [0.3, 0.4) is 0 Å². The van der Waals surface area contributed by atoms with Gasteiger partial charge in [-0.3, -0.25) is 9.69 Å². The summed E-state index contributed by atoms with van der Waals surface area (Å²) in [6.45, 7) is 11.1. The molecule has 2 rings (SSSR count). The maximum atomic E-state index is 12.8. The average Bonchev–Trinajstić information content (AvgIpc) is 2.55. The summed E-state index contributed by atoms with van der Waals surface area (Å²) in [5, 5.41) is 4.66. The lowest BCUT2D eigenvalue weighted by Crippen LogP contribution is -2.48. The minimum Gasteiger partial charge on any atom is -0.353 e. The molecule has 1 N–H and O–H groups in total. The van der Waals surface area contributed by atoms with Gasteiger partial charge >= 0.3 is 0 Å². The Morgan fingerprint density at radius 1 is 1.20 bits per heavy atom. The Bertz CT molecular complexity index is 561. The van der Waals surface area contributed by atoms with Crippen LogP contribution < -0.4 is 5.32 Å². The van der Waals surface area contributed by atoms with Crippen molar-refractivity contribution in [3.8, 4) is 0 Å². The normalized spacial score (nSPS) is 19.0. The van der Waals surface area contributed by atoms with Crippen LogP contribution in [-0.2, 0) is 11.3 Å². The summed E-state index contributed by atoms with van der Waals surface area (Å²) in [5.41, 5.74) is 0.953. The number of benzene rings is 1. The van der Waals surface area contributed by atoms with Gasteiger partial charge in [-0.2, -0.15) is 0 Å². The lowest BCUT2D eigenvalue weighted by molar-refractivity contribution is -0.128. The summed E-state index contributed by atoms with van der Waals surface area (Å²) in [6, 6.07) is 5.82. The van der Waals surface area contributed by atoms with Gasteiger partial charge in [0.25, 0.3) is 0 Å². The molecule has 1 aromatic rings. The van der Waals surface area contributed by atoms with Gasteiger partial charge in [0.1, 0.15) is 0 Å². The molecule has 0 saturated carbocycles. The Balaban J connectivity index is 1.99. The smallest absolute Gasteiger partial charge is 0.224 e. The summed E-state index contributed by atoms with van der Waals surface area (Å²) in [5.74, 6) is 1.09. The predicted octanol–water partition coefficient (Wildman–Crippen LogP) is 5.00. The van der Waals surface area contributed by atoms with E-state index in [4.69, 9.17) is 23.2 Å². The second-order valence-corrected chi connectivity index (χ2v) is 8.61. The fourth-order valence-electron chi connectivity index (χ4n) is 3.71. The van der Waals surface area contributed by atoms with E-state index in [0.29, 0.717) is 28.4 Å². The molecule has 1 saturated heterocycles. The van der Waals surface area contributed by atoms with Crippen LogP contribution in [0.4, 0.5) is 0 Å². The molecule has 0 aliphatic carbocycles. The molecule has 3 nitrogen and oxygen atoms in total. The van der Waals surface area contributed by atoms with E-state index in [1.54, 1.807) is 0 Å². The zero-order valence-electron chi connectivity index (χ0n) is 15.7. The molecule has 1 heterocycles. The van der Waals surface area contributed by atoms with Gasteiger partial charge in [-0.25, -0.2) is 0 Å². The standard InChI is InChI=1S/C20H30Cl2N2O/c1-13(2)19(14(3)4)23-20(25)15-7-6-10-24(11-15)12-16-17(21)8-5-9-18(16)22/h5,8-9,13-15,19H,6-7,10-12H2,1-4H3,(H,23,25). The van der Waals surface area contributed by atoms with Gasteiger partial charge in [-0.1, -0.05) is 57.0 Å². The van der Waals surface area contributed by atoms with E-state index in [2.05, 4.69) is 37.9 Å². The van der Waals surface area contributed by atoms with Gasteiger partial charge in [0.05, 0.1) is 5.92 Å². The first-order valence-corrected chi connectivity index (χ1v) is 10.0. The maximum absolute atomic E-state index is 12.8. The molecule has 25 heavy (non-hydrogen) atoms. The molecule has 1 atom stereocenters. The van der Waals surface area contributed by atoms with Crippen molar-refractivity contribution in [2.24, 2.45) is 17.8 Å². The number of likely N-dealkylation sites (tertiary alicyclic amines) is 1. The van der Waals surface area contributed by atoms with Crippen molar-refractivity contribution in [3.05, 3.63) is 33.8 Å². The van der Waals surface area contributed by atoms with Crippen LogP contribution in [0, 0.1) is 17.8 Å². The summed E-state index contributed by atoms with van der Waals surface area (Å²) in [4.78, 5) is 15.1. The lowest BCUT2D eigenvalue weighted by atomic mass is 9.91. The Morgan fingerprint density at radius 3 is 2.36 bits per heavy atom. The van der Waals surface area contributed by atoms with Gasteiger partial charge in [0.2, 0.25) is 5.91 Å². The van der Waals surface area contributed by atoms with Crippen LogP contribution in [0.5, 0.6) is 0 Å². The summed E-state index contributed by atoms with van der Waals surface area (Å²) in [7, 11) is 0. The zero-order chi connectivity index (χ0) is 18.6. The zero-order valence-corrected chi connectivity index (χ0v) is 17.2. The van der Waals surface area contributed by atoms with Crippen LogP contribution in [0.2, 0.25) is 10.0 Å². The largest absolute Gasteiger partial charge is 0.353 e. The Hall–Kier alpha value is -0.770. The van der Waals surface area contributed by atoms with Gasteiger partial charge in [-0.15, -0.1) is 0 Å². The molecule has 140 valence electrons. The number of hydrogen-bond acceptors (Lipinski definition) is 2. The third kappa shape index (κ3) is 5.60. The minimum atomic E-state index is 0.0370. The van der Waals surface area contributed by atoms with Crippen LogP contribution in [0.15, 0.2) is 18.2 Å². The molecule has 0 spiro atoms. The lowest BCUT2D eigenvalue weighted by Gasteiger charge is -2.34. The van der Waals surface area contributed by atoms with Crippen LogP contribution in [0.1, 0.15) is 46.1 Å². The van der Waals surface area contributed by atoms with Crippen molar-refractivity contribution < 1.29 is 4.79 Å². The predicted molar refractivity (Wildman–Crippen MR) is 106 cm³/mol. The fraction of sp³-hybridized carbons (Fsp3) is 0.650. The molecule has 0 aromatic heterocycles. The van der Waals surface area contributed by atoms with E-state index in [1.165, 1.54) is 0 Å². The van der Waals surface area contributed by atoms with Crippen LogP contribution >= 0.6 is 23.2 Å². The fourth-order valence-corrected chi connectivity index (χ4v) is 4.22. The van der Waals surface area contributed by atoms with Gasteiger partial charge in [0.15, 0.2) is 0 Å². The van der Waals surface area contributed by atoms with Crippen molar-refractivity contribution in [2.45, 2.75) is 53.1 Å². The van der Waals surface area contributed by atoms with Crippen molar-refractivity contribution in [1.82, 2.24) is 10.2 Å². The van der Waals surface area contributed by atoms with Crippen molar-refractivity contribution >= 4 is 29.1 Å². The quantitative estimate of drug-likeness (QED) is 0.747. The number of amides is 1. The van der Waals surface area contributed by atoms with E-state index in [9.17, 15) is 4.79 Å². The molecule has 1 aliphatic rings. The third-order valence-electron chi connectivity index (χ3n) is 5.07. The molecule has 0 bridgehead atoms. The number of hydrogen-bond donors (Lipinski definition) is 1. The number of rotatable bonds is 6. The molecular formula is C20H30Cl2N2O. The van der Waals surface area contributed by atoms with E-state index in [1.807, 2.05) is 18.2 Å². The molecule has 1 amide bonds. The number of carbonyl (C=O) groups is 1. The van der Waals surface area contributed by atoms with Crippen LogP contribution in [-0.4, -0.2) is 29.9 Å². The second kappa shape index (κ2) is 9.25. The Morgan fingerprint density at radius 2 is 1.80 bits per heavy atom. The van der Waals surface area contributed by atoms with E-state index >= 15 is 0 Å². The van der Waals surface area contributed by atoms with Crippen molar-refractivity contribution in [2.75, 3.05) is 13.1 Å². The third-order valence-corrected chi connectivity index (χ3v) is 5.77. The van der Waals surface area contributed by atoms with E-state index < -0.39 is 0 Å². The molecule has 1 aliphatic heterocycles. The van der Waals surface area contributed by atoms with Crippen LogP contribution in [0.25, 0.3) is 0 Å². The number of carbonyl (C=O) groups excluding carboxylic acids is 1. The maximum Gasteiger partial charge on any atom is 0.224 e. The summed E-state index contributed by atoms with van der Waals surface area (Å²) >= 11 is 12.6. The average molecular weight is 385 g/mol. The number of halogens is 2. The minimum absolute atomic E-state index is 0.0370. The highest BCUT2D eigenvalue weighted by molar-refractivity contribution is 6.35. The molecule has 0 radical (unpaired) electrons. The first-order chi connectivity index (χ1) is 11.8. The summed E-state index contributed by atoms with van der Waals surface area (Å²) in [6.07, 6.45) is 1.97. The van der Waals surface area contributed by atoms with Gasteiger partial charge in [-0.05, 0) is 43.4 Å². The second-order valence-electron chi connectivity index (χ2n) is 7.80. The highest BCUT2D eigenvalue weighted by Gasteiger charge is 2.29. The molecule has 1 aromatic carbocycles. The van der Waals surface area contributed by atoms with Crippen molar-refractivity contribution in [3.63, 3.8) is 0 Å². The number of piperidine rings is 1. The summed E-state index contributed by atoms with van der Waals surface area (Å²) < 4.78 is 0. The number of nitrogens with one attached hydrogen (secondary N) is 1. The SMILES string of the molecule is CC(C)C(NC(=O)C1CCCN(Cc2c(Cl)cccc2Cl)C1)C(C)C. The monoisotopic (exact) mass is 384 g/mol. The van der Waals surface area contributed by atoms with Gasteiger partial charge in [0, 0.05) is 34.7 Å². The molecular weight excluding hydrogens is 355 g/mol. The number of nitrogens with zero attached hydrogens (tertiary/aromatic N) is 1. The molecule has 1 fully saturated rings. The van der Waals surface area contributed by atoms with E-state index in [-0.39, 0.29) is 17.9 Å². The highest BCUT2D eigenvalue weighted by atomic mass is 35.5. The van der Waals surface area contributed by atoms with Gasteiger partial charge < -0.3 is 5.32 Å². The molecule has 5 heteroatoms. The first kappa shape index (κ1) is 20.5. The molecule has 1 unspecified atom stereocenters. The first-order valence-electron chi connectivity index (χ1n) is 9.25.